The van der Waals surface area contributed by atoms with Crippen molar-refractivity contribution >= 4 is 29.9 Å². The van der Waals surface area contributed by atoms with Crippen molar-refractivity contribution in [3.8, 4) is 0 Å². The summed E-state index contributed by atoms with van der Waals surface area (Å²) in [6.45, 7) is 10.4. The fraction of sp³-hybridized carbons (Fsp3) is 0.938. The van der Waals surface area contributed by atoms with Gasteiger partial charge in [-0.3, -0.25) is 4.99 Å². The first-order valence-corrected chi connectivity index (χ1v) is 8.41. The molecule has 0 spiro atoms. The highest BCUT2D eigenvalue weighted by atomic mass is 127. The molecule has 6 heteroatoms. The summed E-state index contributed by atoms with van der Waals surface area (Å²) in [6.07, 6.45) is 3.95. The minimum atomic E-state index is -0.166. The van der Waals surface area contributed by atoms with Crippen molar-refractivity contribution in [2.24, 2.45) is 16.8 Å². The molecule has 0 radical (unpaired) electrons. The van der Waals surface area contributed by atoms with E-state index in [1.54, 1.807) is 0 Å². The molecule has 1 saturated carbocycles. The predicted octanol–water partition coefficient (Wildman–Crippen LogP) is 2.38. The molecule has 22 heavy (non-hydrogen) atoms. The number of ether oxygens (including phenoxy) is 1. The summed E-state index contributed by atoms with van der Waals surface area (Å²) in [5.74, 6) is 1.77. The summed E-state index contributed by atoms with van der Waals surface area (Å²) in [4.78, 5) is 4.59. The highest BCUT2D eigenvalue weighted by Crippen LogP contribution is 2.25. The fourth-order valence-corrected chi connectivity index (χ4v) is 2.48. The predicted molar refractivity (Wildman–Crippen MR) is 103 cm³/mol. The monoisotopic (exact) mass is 427 g/mol. The van der Waals surface area contributed by atoms with Crippen LogP contribution >= 0.6 is 24.0 Å². The zero-order chi connectivity index (χ0) is 15.5. The van der Waals surface area contributed by atoms with Crippen molar-refractivity contribution in [1.29, 1.82) is 0 Å². The molecule has 0 amide bonds. The molecule has 5 nitrogen and oxygen atoms in total. The minimum Gasteiger partial charge on any atom is -0.393 e. The van der Waals surface area contributed by atoms with Crippen LogP contribution in [0.2, 0.25) is 0 Å². The van der Waals surface area contributed by atoms with Gasteiger partial charge in [0.2, 0.25) is 0 Å². The molecule has 1 fully saturated rings. The third kappa shape index (κ3) is 9.84. The van der Waals surface area contributed by atoms with Gasteiger partial charge in [-0.05, 0) is 32.1 Å². The Bertz CT molecular complexity index is 301. The number of guanidine groups is 1. The summed E-state index contributed by atoms with van der Waals surface area (Å²) in [6, 6.07) is 0. The Kier molecular flexibility index (Phi) is 13.3. The Morgan fingerprint density at radius 3 is 2.68 bits per heavy atom. The zero-order valence-electron chi connectivity index (χ0n) is 14.3. The van der Waals surface area contributed by atoms with Crippen molar-refractivity contribution in [3.05, 3.63) is 0 Å². The molecule has 1 aliphatic carbocycles. The van der Waals surface area contributed by atoms with Crippen molar-refractivity contribution in [3.63, 3.8) is 0 Å². The Balaban J connectivity index is 0.00000441. The minimum absolute atomic E-state index is 0. The highest BCUT2D eigenvalue weighted by Gasteiger charge is 2.24. The second kappa shape index (κ2) is 13.4. The molecule has 1 rings (SSSR count). The first-order valence-electron chi connectivity index (χ1n) is 8.41. The van der Waals surface area contributed by atoms with E-state index in [1.165, 1.54) is 0 Å². The Labute approximate surface area is 152 Å². The van der Waals surface area contributed by atoms with Crippen molar-refractivity contribution in [1.82, 2.24) is 10.6 Å². The number of nitrogens with zero attached hydrogens (tertiary/aromatic N) is 1. The molecule has 0 saturated heterocycles. The van der Waals surface area contributed by atoms with E-state index < -0.39 is 0 Å². The van der Waals surface area contributed by atoms with Gasteiger partial charge in [0.15, 0.2) is 5.96 Å². The lowest BCUT2D eigenvalue weighted by molar-refractivity contribution is 0.108. The van der Waals surface area contributed by atoms with E-state index in [4.69, 9.17) is 4.74 Å². The number of aliphatic imine (C=N–C) groups is 1. The maximum Gasteiger partial charge on any atom is 0.191 e. The smallest absolute Gasteiger partial charge is 0.191 e. The van der Waals surface area contributed by atoms with Gasteiger partial charge in [0.1, 0.15) is 0 Å². The van der Waals surface area contributed by atoms with Crippen molar-refractivity contribution < 1.29 is 9.84 Å². The molecule has 0 aromatic heterocycles. The van der Waals surface area contributed by atoms with Gasteiger partial charge < -0.3 is 20.5 Å². The van der Waals surface area contributed by atoms with E-state index in [-0.39, 0.29) is 30.1 Å². The van der Waals surface area contributed by atoms with E-state index in [2.05, 4.69) is 36.4 Å². The summed E-state index contributed by atoms with van der Waals surface area (Å²) < 4.78 is 5.56. The van der Waals surface area contributed by atoms with Crippen LogP contribution in [-0.4, -0.2) is 50.0 Å². The molecule has 0 aromatic rings. The van der Waals surface area contributed by atoms with Crippen LogP contribution in [0.3, 0.4) is 0 Å². The van der Waals surface area contributed by atoms with Crippen LogP contribution in [0.15, 0.2) is 4.99 Å². The van der Waals surface area contributed by atoms with Crippen molar-refractivity contribution in [2.75, 3.05) is 32.8 Å². The lowest BCUT2D eigenvalue weighted by atomic mass is 10.1. The Hall–Kier alpha value is -0.0800. The maximum absolute atomic E-state index is 9.82. The molecule has 0 aromatic carbocycles. The Morgan fingerprint density at radius 1 is 1.32 bits per heavy atom. The number of aliphatic hydroxyl groups is 1. The van der Waals surface area contributed by atoms with Gasteiger partial charge in [0.25, 0.3) is 0 Å². The van der Waals surface area contributed by atoms with Crippen LogP contribution in [0, 0.1) is 11.8 Å². The summed E-state index contributed by atoms with van der Waals surface area (Å²) in [5, 5.41) is 16.4. The topological polar surface area (TPSA) is 65.9 Å². The van der Waals surface area contributed by atoms with Crippen molar-refractivity contribution in [2.45, 2.75) is 52.6 Å². The molecular formula is C16H34IN3O2. The van der Waals surface area contributed by atoms with Gasteiger partial charge >= 0.3 is 0 Å². The molecule has 132 valence electrons. The molecule has 1 aliphatic rings. The largest absolute Gasteiger partial charge is 0.393 e. The molecular weight excluding hydrogens is 393 g/mol. The summed E-state index contributed by atoms with van der Waals surface area (Å²) in [7, 11) is 0. The lowest BCUT2D eigenvalue weighted by Gasteiger charge is -2.15. The van der Waals surface area contributed by atoms with Crippen LogP contribution < -0.4 is 10.6 Å². The number of nitrogens with one attached hydrogen (secondary N) is 2. The van der Waals surface area contributed by atoms with Gasteiger partial charge in [-0.15, -0.1) is 24.0 Å². The summed E-state index contributed by atoms with van der Waals surface area (Å²) >= 11 is 0. The number of hydrogen-bond donors (Lipinski definition) is 3. The van der Waals surface area contributed by atoms with E-state index >= 15 is 0 Å². The maximum atomic E-state index is 9.82. The first kappa shape index (κ1) is 21.9. The Morgan fingerprint density at radius 2 is 2.09 bits per heavy atom. The van der Waals surface area contributed by atoms with E-state index in [0.717, 1.165) is 57.9 Å². The average Bonchev–Trinajstić information content (AvgIpc) is 2.85. The van der Waals surface area contributed by atoms with Crippen LogP contribution in [0.4, 0.5) is 0 Å². The molecule has 0 bridgehead atoms. The zero-order valence-corrected chi connectivity index (χ0v) is 16.6. The number of hydrogen-bond acceptors (Lipinski definition) is 3. The fourth-order valence-electron chi connectivity index (χ4n) is 2.48. The normalized spacial score (nSPS) is 21.8. The molecule has 0 aliphatic heterocycles. The van der Waals surface area contributed by atoms with Gasteiger partial charge in [-0.1, -0.05) is 20.3 Å². The van der Waals surface area contributed by atoms with E-state index in [9.17, 15) is 5.11 Å². The number of halogens is 1. The van der Waals surface area contributed by atoms with Gasteiger partial charge in [0, 0.05) is 38.8 Å². The molecule has 0 heterocycles. The number of rotatable bonds is 9. The van der Waals surface area contributed by atoms with Gasteiger partial charge in [0.05, 0.1) is 6.10 Å². The molecule has 2 atom stereocenters. The quantitative estimate of drug-likeness (QED) is 0.229. The van der Waals surface area contributed by atoms with Crippen LogP contribution in [0.1, 0.15) is 46.5 Å². The SMILES string of the molecule is CCNC(=NCC1CCCC1O)NCCCOCC(C)C.I. The third-order valence-electron chi connectivity index (χ3n) is 3.66. The second-order valence-corrected chi connectivity index (χ2v) is 6.23. The third-order valence-corrected chi connectivity index (χ3v) is 3.66. The average molecular weight is 427 g/mol. The van der Waals surface area contributed by atoms with Crippen LogP contribution in [-0.2, 0) is 4.74 Å². The van der Waals surface area contributed by atoms with E-state index in [1.807, 2.05) is 0 Å². The van der Waals surface area contributed by atoms with Crippen LogP contribution in [0.5, 0.6) is 0 Å². The standard InChI is InChI=1S/C16H33N3O2.HI/c1-4-17-16(18-9-6-10-21-12-13(2)3)19-11-14-7-5-8-15(14)20;/h13-15,20H,4-12H2,1-3H3,(H2,17,18,19);1H. The van der Waals surface area contributed by atoms with Gasteiger partial charge in [-0.2, -0.15) is 0 Å². The number of aliphatic hydroxyl groups excluding tert-OH is 1. The lowest BCUT2D eigenvalue weighted by Crippen LogP contribution is -2.38. The summed E-state index contributed by atoms with van der Waals surface area (Å²) in [5.41, 5.74) is 0. The molecule has 2 unspecified atom stereocenters. The molecule has 3 N–H and O–H groups in total. The first-order chi connectivity index (χ1) is 10.1. The van der Waals surface area contributed by atoms with Gasteiger partial charge in [-0.25, -0.2) is 0 Å². The van der Waals surface area contributed by atoms with E-state index in [0.29, 0.717) is 18.4 Å². The van der Waals surface area contributed by atoms with Crippen LogP contribution in [0.25, 0.3) is 0 Å². The second-order valence-electron chi connectivity index (χ2n) is 6.23. The highest BCUT2D eigenvalue weighted by molar-refractivity contribution is 14.0.